The number of aromatic amines is 1. The van der Waals surface area contributed by atoms with Gasteiger partial charge in [-0.3, -0.25) is 0 Å². The average molecular weight is 333 g/mol. The molecule has 98 valence electrons. The van der Waals surface area contributed by atoms with E-state index in [0.29, 0.717) is 21.4 Å². The lowest BCUT2D eigenvalue weighted by Crippen LogP contribution is -2.13. The number of rotatable bonds is 4. The minimum absolute atomic E-state index is 0.147. The molecule has 0 aliphatic heterocycles. The number of ether oxygens (including phenoxy) is 1. The van der Waals surface area contributed by atoms with Gasteiger partial charge < -0.3 is 14.3 Å². The van der Waals surface area contributed by atoms with Gasteiger partial charge in [-0.2, -0.15) is 0 Å². The lowest BCUT2D eigenvalue weighted by atomic mass is 10.2. The van der Waals surface area contributed by atoms with E-state index in [4.69, 9.17) is 17.0 Å². The highest BCUT2D eigenvalue weighted by Crippen LogP contribution is 2.26. The summed E-state index contributed by atoms with van der Waals surface area (Å²) in [7, 11) is 1.66. The number of fused-ring (bicyclic) bond motifs is 1. The summed E-state index contributed by atoms with van der Waals surface area (Å²) in [5.74, 6) is -0.300. The number of hydrogen-bond donors (Lipinski definition) is 1. The maximum absolute atomic E-state index is 13.5. The summed E-state index contributed by atoms with van der Waals surface area (Å²) in [4.78, 5) is 3.03. The summed E-state index contributed by atoms with van der Waals surface area (Å²) < 4.78 is 21.7. The number of nitrogens with zero attached hydrogens (tertiary/aromatic N) is 1. The predicted octanol–water partition coefficient (Wildman–Crippen LogP) is 4.20. The SMILES string of the molecule is CCC(COC)n1c(=S)[nH]c2cc(F)c(Br)cc21. The zero-order chi connectivity index (χ0) is 13.3. The van der Waals surface area contributed by atoms with Crippen LogP contribution in [0.3, 0.4) is 0 Å². The molecule has 2 aromatic rings. The molecule has 0 spiro atoms. The first kappa shape index (κ1) is 13.7. The van der Waals surface area contributed by atoms with Crippen LogP contribution in [0.1, 0.15) is 19.4 Å². The first-order valence-electron chi connectivity index (χ1n) is 5.66. The third-order valence-corrected chi connectivity index (χ3v) is 3.86. The van der Waals surface area contributed by atoms with Crippen LogP contribution in [0.15, 0.2) is 16.6 Å². The second-order valence-electron chi connectivity index (χ2n) is 4.10. The van der Waals surface area contributed by atoms with Gasteiger partial charge in [-0.05, 0) is 40.6 Å². The fraction of sp³-hybridized carbons (Fsp3) is 0.417. The van der Waals surface area contributed by atoms with Gasteiger partial charge in [0.1, 0.15) is 5.82 Å². The summed E-state index contributed by atoms with van der Waals surface area (Å²) in [5.41, 5.74) is 1.59. The molecule has 0 saturated carbocycles. The minimum atomic E-state index is -0.300. The van der Waals surface area contributed by atoms with E-state index >= 15 is 0 Å². The third kappa shape index (κ3) is 2.37. The quantitative estimate of drug-likeness (QED) is 0.850. The normalized spacial score (nSPS) is 13.1. The van der Waals surface area contributed by atoms with Crippen LogP contribution in [0.4, 0.5) is 4.39 Å². The first-order valence-corrected chi connectivity index (χ1v) is 6.86. The van der Waals surface area contributed by atoms with E-state index in [2.05, 4.69) is 27.8 Å². The summed E-state index contributed by atoms with van der Waals surface area (Å²) in [6.07, 6.45) is 0.893. The Kier molecular flexibility index (Phi) is 4.19. The number of benzene rings is 1. The van der Waals surface area contributed by atoms with Gasteiger partial charge in [-0.15, -0.1) is 0 Å². The Bertz CT molecular complexity index is 622. The molecule has 0 fully saturated rings. The van der Waals surface area contributed by atoms with Crippen molar-refractivity contribution >= 4 is 39.2 Å². The zero-order valence-electron chi connectivity index (χ0n) is 10.2. The Morgan fingerprint density at radius 1 is 1.56 bits per heavy atom. The van der Waals surface area contributed by atoms with Crippen molar-refractivity contribution in [3.05, 3.63) is 27.2 Å². The Labute approximate surface area is 118 Å². The van der Waals surface area contributed by atoms with E-state index in [9.17, 15) is 4.39 Å². The lowest BCUT2D eigenvalue weighted by Gasteiger charge is -2.16. The van der Waals surface area contributed by atoms with Crippen LogP contribution < -0.4 is 0 Å². The number of aromatic nitrogens is 2. The highest BCUT2D eigenvalue weighted by molar-refractivity contribution is 9.10. The minimum Gasteiger partial charge on any atom is -0.383 e. The van der Waals surface area contributed by atoms with Gasteiger partial charge in [-0.25, -0.2) is 4.39 Å². The van der Waals surface area contributed by atoms with E-state index < -0.39 is 0 Å². The highest BCUT2D eigenvalue weighted by Gasteiger charge is 2.15. The Hall–Kier alpha value is -0.720. The molecule has 1 heterocycles. The van der Waals surface area contributed by atoms with Gasteiger partial charge in [0, 0.05) is 13.2 Å². The van der Waals surface area contributed by atoms with Crippen molar-refractivity contribution in [1.29, 1.82) is 0 Å². The molecular weight excluding hydrogens is 319 g/mol. The Balaban J connectivity index is 2.66. The number of nitrogens with one attached hydrogen (secondary N) is 1. The first-order chi connectivity index (χ1) is 8.58. The maximum atomic E-state index is 13.5. The number of halogens is 2. The van der Waals surface area contributed by atoms with E-state index in [1.807, 2.05) is 4.57 Å². The monoisotopic (exact) mass is 332 g/mol. The van der Waals surface area contributed by atoms with Crippen LogP contribution in [0.2, 0.25) is 0 Å². The van der Waals surface area contributed by atoms with Crippen molar-refractivity contribution in [3.8, 4) is 0 Å². The fourth-order valence-corrected chi connectivity index (χ4v) is 2.74. The largest absolute Gasteiger partial charge is 0.383 e. The van der Waals surface area contributed by atoms with Crippen LogP contribution in [0.5, 0.6) is 0 Å². The second kappa shape index (κ2) is 5.50. The van der Waals surface area contributed by atoms with Crippen molar-refractivity contribution < 1.29 is 9.13 Å². The van der Waals surface area contributed by atoms with Gasteiger partial charge in [0.05, 0.1) is 28.2 Å². The molecule has 18 heavy (non-hydrogen) atoms. The molecule has 0 aliphatic carbocycles. The number of methoxy groups -OCH3 is 1. The molecule has 1 atom stereocenters. The van der Waals surface area contributed by atoms with Crippen LogP contribution >= 0.6 is 28.1 Å². The number of H-pyrrole nitrogens is 1. The number of hydrogen-bond acceptors (Lipinski definition) is 2. The van der Waals surface area contributed by atoms with Crippen molar-refractivity contribution in [2.24, 2.45) is 0 Å². The van der Waals surface area contributed by atoms with Crippen molar-refractivity contribution in [2.75, 3.05) is 13.7 Å². The van der Waals surface area contributed by atoms with Gasteiger partial charge >= 0.3 is 0 Å². The van der Waals surface area contributed by atoms with Crippen molar-refractivity contribution in [3.63, 3.8) is 0 Å². The Morgan fingerprint density at radius 2 is 2.28 bits per heavy atom. The molecule has 0 radical (unpaired) electrons. The molecule has 0 amide bonds. The molecule has 0 saturated heterocycles. The molecule has 3 nitrogen and oxygen atoms in total. The van der Waals surface area contributed by atoms with Crippen LogP contribution in [0, 0.1) is 10.6 Å². The fourth-order valence-electron chi connectivity index (χ4n) is 2.05. The van der Waals surface area contributed by atoms with E-state index in [1.54, 1.807) is 13.2 Å². The van der Waals surface area contributed by atoms with E-state index in [0.717, 1.165) is 11.9 Å². The zero-order valence-corrected chi connectivity index (χ0v) is 12.6. The van der Waals surface area contributed by atoms with E-state index in [-0.39, 0.29) is 11.9 Å². The van der Waals surface area contributed by atoms with Crippen LogP contribution in [-0.2, 0) is 4.74 Å². The molecule has 6 heteroatoms. The summed E-state index contributed by atoms with van der Waals surface area (Å²) in [5, 5.41) is 0. The molecule has 0 aliphatic rings. The number of imidazole rings is 1. The summed E-state index contributed by atoms with van der Waals surface area (Å²) in [6.45, 7) is 2.65. The molecule has 1 unspecified atom stereocenters. The predicted molar refractivity (Wildman–Crippen MR) is 76.0 cm³/mol. The lowest BCUT2D eigenvalue weighted by molar-refractivity contribution is 0.154. The van der Waals surface area contributed by atoms with Gasteiger partial charge in [0.25, 0.3) is 0 Å². The third-order valence-electron chi connectivity index (χ3n) is 2.95. The molecule has 1 aromatic heterocycles. The standard InChI is InChI=1S/C12H14BrFN2OS/c1-3-7(6-17-2)16-11-4-8(13)9(14)5-10(11)15-12(16)18/h4-5,7H,3,6H2,1-2H3,(H,15,18). The topological polar surface area (TPSA) is 29.9 Å². The van der Waals surface area contributed by atoms with E-state index in [1.165, 1.54) is 6.07 Å². The van der Waals surface area contributed by atoms with Crippen LogP contribution in [-0.4, -0.2) is 23.3 Å². The van der Waals surface area contributed by atoms with Crippen LogP contribution in [0.25, 0.3) is 11.0 Å². The van der Waals surface area contributed by atoms with Gasteiger partial charge in [0.15, 0.2) is 4.77 Å². The smallest absolute Gasteiger partial charge is 0.178 e. The van der Waals surface area contributed by atoms with Gasteiger partial charge in [0.2, 0.25) is 0 Å². The molecule has 2 rings (SSSR count). The van der Waals surface area contributed by atoms with Crippen molar-refractivity contribution in [1.82, 2.24) is 9.55 Å². The summed E-state index contributed by atoms with van der Waals surface area (Å²) in [6, 6.07) is 3.34. The molecule has 1 aromatic carbocycles. The average Bonchev–Trinajstić information content (AvgIpc) is 2.63. The Morgan fingerprint density at radius 3 is 2.89 bits per heavy atom. The second-order valence-corrected chi connectivity index (χ2v) is 5.34. The van der Waals surface area contributed by atoms with Crippen molar-refractivity contribution in [2.45, 2.75) is 19.4 Å². The highest BCUT2D eigenvalue weighted by atomic mass is 79.9. The molecular formula is C12H14BrFN2OS. The molecule has 0 bridgehead atoms. The van der Waals surface area contributed by atoms with Gasteiger partial charge in [-0.1, -0.05) is 6.92 Å². The summed E-state index contributed by atoms with van der Waals surface area (Å²) >= 11 is 8.51. The maximum Gasteiger partial charge on any atom is 0.178 e. The molecule has 1 N–H and O–H groups in total.